The van der Waals surface area contributed by atoms with E-state index in [2.05, 4.69) is 20.8 Å². The third kappa shape index (κ3) is 3.21. The number of hydrogen-bond donors (Lipinski definition) is 1. The van der Waals surface area contributed by atoms with Crippen LogP contribution in [0.15, 0.2) is 17.0 Å². The Labute approximate surface area is 134 Å². The predicted molar refractivity (Wildman–Crippen MR) is 90.5 cm³/mol. The molecule has 1 aliphatic heterocycles. The Morgan fingerprint density at radius 1 is 1.23 bits per heavy atom. The van der Waals surface area contributed by atoms with Crippen LogP contribution in [0.3, 0.4) is 0 Å². The molecule has 0 aromatic heterocycles. The smallest absolute Gasteiger partial charge is 0.243 e. The van der Waals surface area contributed by atoms with Crippen LogP contribution in [0.2, 0.25) is 0 Å². The summed E-state index contributed by atoms with van der Waals surface area (Å²) in [7, 11) is -3.43. The average molecular weight is 324 g/mol. The first kappa shape index (κ1) is 17.4. The van der Waals surface area contributed by atoms with E-state index in [1.807, 2.05) is 26.0 Å². The molecule has 0 amide bonds. The zero-order valence-corrected chi connectivity index (χ0v) is 15.1. The van der Waals surface area contributed by atoms with Gasteiger partial charge in [0.15, 0.2) is 0 Å². The van der Waals surface area contributed by atoms with Crippen LogP contribution in [0.4, 0.5) is 0 Å². The topological polar surface area (TPSA) is 63.4 Å². The normalized spacial score (nSPS) is 20.5. The molecule has 4 nitrogen and oxygen atoms in total. The van der Waals surface area contributed by atoms with Gasteiger partial charge in [-0.15, -0.1) is 0 Å². The van der Waals surface area contributed by atoms with E-state index >= 15 is 0 Å². The molecule has 0 radical (unpaired) electrons. The van der Waals surface area contributed by atoms with Crippen molar-refractivity contribution in [1.82, 2.24) is 4.31 Å². The van der Waals surface area contributed by atoms with Gasteiger partial charge in [-0.2, -0.15) is 4.31 Å². The van der Waals surface area contributed by atoms with Crippen LogP contribution in [0.25, 0.3) is 0 Å². The number of benzene rings is 1. The molecular weight excluding hydrogens is 296 g/mol. The lowest BCUT2D eigenvalue weighted by Gasteiger charge is -2.24. The van der Waals surface area contributed by atoms with Crippen molar-refractivity contribution in [2.24, 2.45) is 11.7 Å². The Morgan fingerprint density at radius 2 is 1.77 bits per heavy atom. The maximum atomic E-state index is 13.0. The van der Waals surface area contributed by atoms with Crippen molar-refractivity contribution in [3.63, 3.8) is 0 Å². The first-order chi connectivity index (χ1) is 10.1. The molecule has 1 aromatic carbocycles. The summed E-state index contributed by atoms with van der Waals surface area (Å²) < 4.78 is 27.6. The average Bonchev–Trinajstić information content (AvgIpc) is 2.85. The number of hydrogen-bond acceptors (Lipinski definition) is 3. The fourth-order valence-corrected chi connectivity index (χ4v) is 5.07. The second-order valence-corrected chi connectivity index (χ2v) is 9.32. The van der Waals surface area contributed by atoms with Crippen molar-refractivity contribution in [2.45, 2.75) is 51.3 Å². The molecule has 0 bridgehead atoms. The molecule has 0 saturated carbocycles. The van der Waals surface area contributed by atoms with E-state index in [-0.39, 0.29) is 11.3 Å². The minimum atomic E-state index is -3.43. The first-order valence-corrected chi connectivity index (χ1v) is 9.33. The van der Waals surface area contributed by atoms with Gasteiger partial charge in [0.1, 0.15) is 0 Å². The number of nitrogens with two attached hydrogens (primary N) is 1. The molecule has 2 N–H and O–H groups in total. The number of nitrogens with zero attached hydrogens (tertiary/aromatic N) is 1. The van der Waals surface area contributed by atoms with Crippen LogP contribution in [-0.4, -0.2) is 32.4 Å². The standard InChI is InChI=1S/C17H28N2O2S/c1-12-8-15(17(3,4)5)9-13(2)16(12)22(20,21)19-7-6-14(10-18)11-19/h8-9,14H,6-7,10-11,18H2,1-5H3. The highest BCUT2D eigenvalue weighted by Gasteiger charge is 2.34. The minimum absolute atomic E-state index is 0.0100. The van der Waals surface area contributed by atoms with Crippen LogP contribution in [0.5, 0.6) is 0 Å². The predicted octanol–water partition coefficient (Wildman–Crippen LogP) is 2.57. The van der Waals surface area contributed by atoms with Crippen LogP contribution in [0.1, 0.15) is 43.9 Å². The zero-order chi connectivity index (χ0) is 16.7. The van der Waals surface area contributed by atoms with Crippen molar-refractivity contribution < 1.29 is 8.42 Å². The molecule has 1 atom stereocenters. The zero-order valence-electron chi connectivity index (χ0n) is 14.3. The highest BCUT2D eigenvalue weighted by molar-refractivity contribution is 7.89. The molecular formula is C17H28N2O2S. The molecule has 124 valence electrons. The number of aryl methyl sites for hydroxylation is 2. The van der Waals surface area contributed by atoms with Gasteiger partial charge in [0.2, 0.25) is 10.0 Å². The summed E-state index contributed by atoms with van der Waals surface area (Å²) in [5.74, 6) is 0.282. The van der Waals surface area contributed by atoms with E-state index in [0.717, 1.165) is 17.5 Å². The van der Waals surface area contributed by atoms with Crippen LogP contribution in [-0.2, 0) is 15.4 Å². The fourth-order valence-electron chi connectivity index (χ4n) is 3.13. The largest absolute Gasteiger partial charge is 0.330 e. The number of rotatable bonds is 3. The fraction of sp³-hybridized carbons (Fsp3) is 0.647. The first-order valence-electron chi connectivity index (χ1n) is 7.89. The van der Waals surface area contributed by atoms with Gasteiger partial charge in [-0.1, -0.05) is 32.9 Å². The molecule has 0 aliphatic carbocycles. The highest BCUT2D eigenvalue weighted by Crippen LogP contribution is 2.32. The van der Waals surface area contributed by atoms with Gasteiger partial charge in [-0.05, 0) is 54.8 Å². The van der Waals surface area contributed by atoms with Crippen molar-refractivity contribution in [3.8, 4) is 0 Å². The molecule has 1 heterocycles. The summed E-state index contributed by atoms with van der Waals surface area (Å²) in [5, 5.41) is 0. The molecule has 22 heavy (non-hydrogen) atoms. The van der Waals surface area contributed by atoms with Gasteiger partial charge in [-0.3, -0.25) is 0 Å². The SMILES string of the molecule is Cc1cc(C(C)(C)C)cc(C)c1S(=O)(=O)N1CCC(CN)C1. The molecule has 0 spiro atoms. The summed E-state index contributed by atoms with van der Waals surface area (Å²) in [4.78, 5) is 0.471. The quantitative estimate of drug-likeness (QED) is 0.929. The van der Waals surface area contributed by atoms with Crippen molar-refractivity contribution in [2.75, 3.05) is 19.6 Å². The highest BCUT2D eigenvalue weighted by atomic mass is 32.2. The summed E-state index contributed by atoms with van der Waals surface area (Å²) in [6.45, 7) is 11.9. The van der Waals surface area contributed by atoms with Gasteiger partial charge in [-0.25, -0.2) is 8.42 Å². The Balaban J connectivity index is 2.44. The third-order valence-corrected chi connectivity index (χ3v) is 6.68. The molecule has 1 aromatic rings. The van der Waals surface area contributed by atoms with E-state index in [4.69, 9.17) is 5.73 Å². The molecule has 5 heteroatoms. The Morgan fingerprint density at radius 3 is 2.18 bits per heavy atom. The number of sulfonamides is 1. The van der Waals surface area contributed by atoms with Gasteiger partial charge < -0.3 is 5.73 Å². The maximum Gasteiger partial charge on any atom is 0.243 e. The summed E-state index contributed by atoms with van der Waals surface area (Å²) in [5.41, 5.74) is 8.53. The Kier molecular flexibility index (Phi) is 4.71. The lowest BCUT2D eigenvalue weighted by Crippen LogP contribution is -2.31. The van der Waals surface area contributed by atoms with Crippen molar-refractivity contribution in [1.29, 1.82) is 0 Å². The molecule has 2 rings (SSSR count). The van der Waals surface area contributed by atoms with Gasteiger partial charge in [0, 0.05) is 13.1 Å². The lowest BCUT2D eigenvalue weighted by molar-refractivity contribution is 0.458. The second-order valence-electron chi connectivity index (χ2n) is 7.44. The van der Waals surface area contributed by atoms with E-state index in [1.165, 1.54) is 5.56 Å². The molecule has 1 unspecified atom stereocenters. The molecule has 1 saturated heterocycles. The van der Waals surface area contributed by atoms with E-state index < -0.39 is 10.0 Å². The van der Waals surface area contributed by atoms with E-state index in [9.17, 15) is 8.42 Å². The third-order valence-electron chi connectivity index (χ3n) is 4.51. The van der Waals surface area contributed by atoms with Crippen LogP contribution < -0.4 is 5.73 Å². The van der Waals surface area contributed by atoms with Gasteiger partial charge in [0.25, 0.3) is 0 Å². The van der Waals surface area contributed by atoms with Gasteiger partial charge in [0.05, 0.1) is 4.90 Å². The monoisotopic (exact) mass is 324 g/mol. The second kappa shape index (κ2) is 5.95. The maximum absolute atomic E-state index is 13.0. The Hall–Kier alpha value is -0.910. The Bertz CT molecular complexity index is 637. The van der Waals surface area contributed by atoms with E-state index in [1.54, 1.807) is 4.31 Å². The summed E-state index contributed by atoms with van der Waals surface area (Å²) in [6, 6.07) is 4.02. The lowest BCUT2D eigenvalue weighted by atomic mass is 9.85. The van der Waals surface area contributed by atoms with Crippen molar-refractivity contribution >= 4 is 10.0 Å². The van der Waals surface area contributed by atoms with E-state index in [0.29, 0.717) is 24.5 Å². The van der Waals surface area contributed by atoms with Crippen LogP contribution >= 0.6 is 0 Å². The van der Waals surface area contributed by atoms with Crippen LogP contribution in [0, 0.1) is 19.8 Å². The molecule has 1 fully saturated rings. The minimum Gasteiger partial charge on any atom is -0.330 e. The summed E-state index contributed by atoms with van der Waals surface area (Å²) in [6.07, 6.45) is 0.855. The molecule has 1 aliphatic rings. The summed E-state index contributed by atoms with van der Waals surface area (Å²) >= 11 is 0. The van der Waals surface area contributed by atoms with Crippen molar-refractivity contribution in [3.05, 3.63) is 28.8 Å². The van der Waals surface area contributed by atoms with Gasteiger partial charge >= 0.3 is 0 Å².